The molecule has 0 spiro atoms. The average molecular weight is 240 g/mol. The van der Waals surface area contributed by atoms with Gasteiger partial charge in [-0.1, -0.05) is 23.2 Å². The molecule has 0 aliphatic carbocycles. The second kappa shape index (κ2) is 4.05. The molecule has 0 saturated carbocycles. The van der Waals surface area contributed by atoms with Crippen LogP contribution in [0.3, 0.4) is 0 Å². The standard InChI is InChI=1S/C7H4Cl3NO2/c8-3-1-4(7(12)13)6(9)5(2-3)11-10/h1-2,11H,(H,12,13). The van der Waals surface area contributed by atoms with Crippen molar-refractivity contribution < 1.29 is 9.90 Å². The van der Waals surface area contributed by atoms with E-state index in [1.165, 1.54) is 12.1 Å². The van der Waals surface area contributed by atoms with E-state index in [1.54, 1.807) is 0 Å². The molecular weight excluding hydrogens is 236 g/mol. The van der Waals surface area contributed by atoms with Crippen molar-refractivity contribution in [3.63, 3.8) is 0 Å². The molecule has 1 aromatic carbocycles. The number of aromatic carboxylic acids is 1. The lowest BCUT2D eigenvalue weighted by Gasteiger charge is -2.05. The normalized spacial score (nSPS) is 9.77. The van der Waals surface area contributed by atoms with Gasteiger partial charge >= 0.3 is 5.97 Å². The van der Waals surface area contributed by atoms with Gasteiger partial charge in [0, 0.05) is 16.8 Å². The van der Waals surface area contributed by atoms with Gasteiger partial charge in [-0.25, -0.2) is 4.79 Å². The molecule has 0 aromatic heterocycles. The summed E-state index contributed by atoms with van der Waals surface area (Å²) >= 11 is 16.6. The van der Waals surface area contributed by atoms with Crippen LogP contribution in [0.1, 0.15) is 10.4 Å². The molecule has 0 saturated heterocycles. The molecule has 13 heavy (non-hydrogen) atoms. The highest BCUT2D eigenvalue weighted by atomic mass is 35.5. The van der Waals surface area contributed by atoms with Crippen molar-refractivity contribution in [1.29, 1.82) is 0 Å². The second-order valence-corrected chi connectivity index (χ2v) is 3.22. The number of hydrogen-bond donors (Lipinski definition) is 2. The summed E-state index contributed by atoms with van der Waals surface area (Å²) in [5, 5.41) is 8.98. The Hall–Kier alpha value is -0.640. The van der Waals surface area contributed by atoms with Gasteiger partial charge in [0.2, 0.25) is 0 Å². The molecule has 0 heterocycles. The monoisotopic (exact) mass is 239 g/mol. The number of carboxylic acid groups (broad SMARTS) is 1. The van der Waals surface area contributed by atoms with Crippen LogP contribution in [0.25, 0.3) is 0 Å². The summed E-state index contributed by atoms with van der Waals surface area (Å²) in [6, 6.07) is 2.69. The minimum atomic E-state index is -1.15. The number of anilines is 1. The number of carbonyl (C=O) groups is 1. The minimum Gasteiger partial charge on any atom is -0.478 e. The smallest absolute Gasteiger partial charge is 0.337 e. The number of benzene rings is 1. The topological polar surface area (TPSA) is 49.3 Å². The Balaban J connectivity index is 3.35. The third kappa shape index (κ3) is 2.18. The lowest BCUT2D eigenvalue weighted by Crippen LogP contribution is -1.99. The highest BCUT2D eigenvalue weighted by Crippen LogP contribution is 2.30. The summed E-state index contributed by atoms with van der Waals surface area (Å²) in [5.74, 6) is -1.15. The van der Waals surface area contributed by atoms with Crippen molar-refractivity contribution in [1.82, 2.24) is 0 Å². The fraction of sp³-hybridized carbons (Fsp3) is 0. The van der Waals surface area contributed by atoms with E-state index in [9.17, 15) is 4.79 Å². The fourth-order valence-corrected chi connectivity index (χ4v) is 1.47. The largest absolute Gasteiger partial charge is 0.478 e. The van der Waals surface area contributed by atoms with Crippen LogP contribution in [0.2, 0.25) is 10.0 Å². The molecule has 0 fully saturated rings. The molecule has 0 atom stereocenters. The van der Waals surface area contributed by atoms with Crippen LogP contribution < -0.4 is 4.84 Å². The van der Waals surface area contributed by atoms with Crippen molar-refractivity contribution in [2.45, 2.75) is 0 Å². The molecule has 0 radical (unpaired) electrons. The number of nitrogens with one attached hydrogen (secondary N) is 1. The Morgan fingerprint density at radius 2 is 2.00 bits per heavy atom. The zero-order chi connectivity index (χ0) is 10.0. The Morgan fingerprint density at radius 1 is 1.38 bits per heavy atom. The highest BCUT2D eigenvalue weighted by molar-refractivity contribution is 6.39. The zero-order valence-corrected chi connectivity index (χ0v) is 8.41. The predicted molar refractivity (Wildman–Crippen MR) is 52.9 cm³/mol. The van der Waals surface area contributed by atoms with Gasteiger partial charge < -0.3 is 5.11 Å². The summed E-state index contributed by atoms with van der Waals surface area (Å²) in [4.78, 5) is 12.9. The van der Waals surface area contributed by atoms with Gasteiger partial charge in [-0.15, -0.1) is 0 Å². The van der Waals surface area contributed by atoms with Gasteiger partial charge in [0.05, 0.1) is 16.3 Å². The van der Waals surface area contributed by atoms with Crippen LogP contribution >= 0.6 is 35.0 Å². The van der Waals surface area contributed by atoms with Gasteiger partial charge in [0.1, 0.15) is 0 Å². The third-order valence-electron chi connectivity index (χ3n) is 1.37. The molecule has 0 aliphatic rings. The van der Waals surface area contributed by atoms with E-state index in [1.807, 2.05) is 0 Å². The third-order valence-corrected chi connectivity index (χ3v) is 2.20. The van der Waals surface area contributed by atoms with Gasteiger partial charge in [0.25, 0.3) is 0 Å². The molecule has 1 rings (SSSR count). The van der Waals surface area contributed by atoms with E-state index in [4.69, 9.17) is 40.1 Å². The van der Waals surface area contributed by atoms with Gasteiger partial charge in [-0.3, -0.25) is 4.84 Å². The molecule has 0 amide bonds. The molecule has 0 unspecified atom stereocenters. The molecule has 0 aliphatic heterocycles. The molecule has 1 aromatic rings. The highest BCUT2D eigenvalue weighted by Gasteiger charge is 2.13. The van der Waals surface area contributed by atoms with Crippen LogP contribution in [0.4, 0.5) is 5.69 Å². The summed E-state index contributed by atoms with van der Waals surface area (Å²) in [6.07, 6.45) is 0. The van der Waals surface area contributed by atoms with E-state index in [0.29, 0.717) is 0 Å². The maximum absolute atomic E-state index is 10.6. The Labute approximate surface area is 89.3 Å². The number of carboxylic acids is 1. The first-order chi connectivity index (χ1) is 6.06. The number of halogens is 3. The van der Waals surface area contributed by atoms with Gasteiger partial charge in [-0.2, -0.15) is 0 Å². The van der Waals surface area contributed by atoms with E-state index >= 15 is 0 Å². The summed E-state index contributed by atoms with van der Waals surface area (Å²) in [6.45, 7) is 0. The van der Waals surface area contributed by atoms with Crippen molar-refractivity contribution in [2.24, 2.45) is 0 Å². The van der Waals surface area contributed by atoms with E-state index in [0.717, 1.165) is 0 Å². The molecule has 3 nitrogen and oxygen atoms in total. The first-order valence-electron chi connectivity index (χ1n) is 3.15. The van der Waals surface area contributed by atoms with Crippen LogP contribution in [0, 0.1) is 0 Å². The summed E-state index contributed by atoms with van der Waals surface area (Å²) in [7, 11) is 0. The maximum Gasteiger partial charge on any atom is 0.337 e. The first kappa shape index (κ1) is 10.4. The fourth-order valence-electron chi connectivity index (χ4n) is 0.814. The SMILES string of the molecule is O=C(O)c1cc(Cl)cc(NCl)c1Cl. The lowest BCUT2D eigenvalue weighted by molar-refractivity contribution is 0.0697. The van der Waals surface area contributed by atoms with E-state index in [2.05, 4.69) is 4.84 Å². The number of rotatable bonds is 2. The predicted octanol–water partition coefficient (Wildman–Crippen LogP) is 3.26. The van der Waals surface area contributed by atoms with Gasteiger partial charge in [-0.05, 0) is 12.1 Å². The molecule has 70 valence electrons. The van der Waals surface area contributed by atoms with Crippen LogP contribution in [-0.4, -0.2) is 11.1 Å². The molecule has 2 N–H and O–H groups in total. The zero-order valence-electron chi connectivity index (χ0n) is 6.14. The minimum absolute atomic E-state index is 0.0342. The quantitative estimate of drug-likeness (QED) is 0.780. The Bertz CT molecular complexity index is 354. The first-order valence-corrected chi connectivity index (χ1v) is 4.28. The second-order valence-electron chi connectivity index (χ2n) is 2.21. The van der Waals surface area contributed by atoms with Crippen molar-refractivity contribution in [3.8, 4) is 0 Å². The van der Waals surface area contributed by atoms with Crippen molar-refractivity contribution in [2.75, 3.05) is 4.84 Å². The van der Waals surface area contributed by atoms with E-state index < -0.39 is 5.97 Å². The van der Waals surface area contributed by atoms with Crippen molar-refractivity contribution in [3.05, 3.63) is 27.7 Å². The van der Waals surface area contributed by atoms with Gasteiger partial charge in [0.15, 0.2) is 0 Å². The Morgan fingerprint density at radius 3 is 2.46 bits per heavy atom. The summed E-state index contributed by atoms with van der Waals surface area (Å²) < 4.78 is 0. The lowest BCUT2D eigenvalue weighted by atomic mass is 10.2. The average Bonchev–Trinajstić information content (AvgIpc) is 2.08. The number of hydrogen-bond acceptors (Lipinski definition) is 2. The van der Waals surface area contributed by atoms with E-state index in [-0.39, 0.29) is 21.3 Å². The molecular formula is C7H4Cl3NO2. The van der Waals surface area contributed by atoms with Crippen LogP contribution in [0.5, 0.6) is 0 Å². The summed E-state index contributed by atoms with van der Waals surface area (Å²) in [5.41, 5.74) is 0.186. The van der Waals surface area contributed by atoms with Crippen molar-refractivity contribution >= 4 is 46.6 Å². The molecule has 0 bridgehead atoms. The molecule has 6 heteroatoms. The van der Waals surface area contributed by atoms with Crippen LogP contribution in [-0.2, 0) is 0 Å². The van der Waals surface area contributed by atoms with Crippen LogP contribution in [0.15, 0.2) is 12.1 Å². The Kier molecular flexibility index (Phi) is 3.25. The maximum atomic E-state index is 10.6.